The van der Waals surface area contributed by atoms with Gasteiger partial charge >= 0.3 is 5.97 Å². The number of hydrogen-bond acceptors (Lipinski definition) is 4. The minimum atomic E-state index is -0.394. The second kappa shape index (κ2) is 6.82. The van der Waals surface area contributed by atoms with Crippen LogP contribution in [0.15, 0.2) is 24.3 Å². The standard InChI is InChI=1S/C11H14INO3/c1-15-11(14)7-16-6-10(13)8-2-4-9(12)5-3-8/h2-5,10H,6-7,13H2,1H3. The summed E-state index contributed by atoms with van der Waals surface area (Å²) in [5, 5.41) is 0. The molecule has 0 aliphatic heterocycles. The van der Waals surface area contributed by atoms with Gasteiger partial charge in [-0.2, -0.15) is 0 Å². The van der Waals surface area contributed by atoms with Gasteiger partial charge in [-0.15, -0.1) is 0 Å². The van der Waals surface area contributed by atoms with E-state index in [0.29, 0.717) is 6.61 Å². The van der Waals surface area contributed by atoms with Gasteiger partial charge in [-0.25, -0.2) is 4.79 Å². The van der Waals surface area contributed by atoms with Crippen LogP contribution in [0.25, 0.3) is 0 Å². The summed E-state index contributed by atoms with van der Waals surface area (Å²) in [6.45, 7) is 0.240. The lowest BCUT2D eigenvalue weighted by Crippen LogP contribution is -2.20. The number of methoxy groups -OCH3 is 1. The Morgan fingerprint density at radius 1 is 1.44 bits per heavy atom. The van der Waals surface area contributed by atoms with Crippen molar-refractivity contribution in [2.45, 2.75) is 6.04 Å². The minimum Gasteiger partial charge on any atom is -0.467 e. The minimum absolute atomic E-state index is 0.0609. The van der Waals surface area contributed by atoms with E-state index in [1.54, 1.807) is 0 Å². The fourth-order valence-electron chi connectivity index (χ4n) is 1.13. The molecule has 1 aromatic rings. The van der Waals surface area contributed by atoms with E-state index in [1.807, 2.05) is 24.3 Å². The Bertz CT molecular complexity index is 340. The highest BCUT2D eigenvalue weighted by molar-refractivity contribution is 14.1. The molecule has 0 aromatic heterocycles. The number of carbonyl (C=O) groups excluding carboxylic acids is 1. The summed E-state index contributed by atoms with van der Waals surface area (Å²) >= 11 is 2.23. The summed E-state index contributed by atoms with van der Waals surface area (Å²) < 4.78 is 10.7. The van der Waals surface area contributed by atoms with Crippen molar-refractivity contribution in [1.82, 2.24) is 0 Å². The van der Waals surface area contributed by atoms with Crippen LogP contribution < -0.4 is 5.73 Å². The van der Waals surface area contributed by atoms with E-state index in [4.69, 9.17) is 10.5 Å². The third-order valence-corrected chi connectivity index (χ3v) is 2.76. The normalized spacial score (nSPS) is 12.2. The summed E-state index contributed by atoms with van der Waals surface area (Å²) in [6.07, 6.45) is 0. The smallest absolute Gasteiger partial charge is 0.331 e. The van der Waals surface area contributed by atoms with Crippen LogP contribution in [0.2, 0.25) is 0 Å². The van der Waals surface area contributed by atoms with Crippen molar-refractivity contribution < 1.29 is 14.3 Å². The molecule has 5 heteroatoms. The van der Waals surface area contributed by atoms with Crippen molar-refractivity contribution in [2.24, 2.45) is 5.73 Å². The zero-order valence-electron chi connectivity index (χ0n) is 8.98. The molecular weight excluding hydrogens is 321 g/mol. The van der Waals surface area contributed by atoms with Gasteiger partial charge in [0.2, 0.25) is 0 Å². The van der Waals surface area contributed by atoms with Gasteiger partial charge in [0, 0.05) is 3.57 Å². The predicted molar refractivity (Wildman–Crippen MR) is 68.9 cm³/mol. The van der Waals surface area contributed by atoms with E-state index in [0.717, 1.165) is 9.13 Å². The molecule has 16 heavy (non-hydrogen) atoms. The van der Waals surface area contributed by atoms with Crippen molar-refractivity contribution in [3.05, 3.63) is 33.4 Å². The molecule has 0 fully saturated rings. The fourth-order valence-corrected chi connectivity index (χ4v) is 1.49. The number of ether oxygens (including phenoxy) is 2. The number of hydrogen-bond donors (Lipinski definition) is 1. The van der Waals surface area contributed by atoms with E-state index in [1.165, 1.54) is 7.11 Å². The highest BCUT2D eigenvalue weighted by Crippen LogP contribution is 2.13. The van der Waals surface area contributed by atoms with Crippen LogP contribution in [0.4, 0.5) is 0 Å². The summed E-state index contributed by atoms with van der Waals surface area (Å²) in [4.78, 5) is 10.8. The Labute approximate surface area is 108 Å². The van der Waals surface area contributed by atoms with Gasteiger partial charge in [0.15, 0.2) is 0 Å². The molecule has 2 N–H and O–H groups in total. The van der Waals surface area contributed by atoms with E-state index in [2.05, 4.69) is 27.3 Å². The number of rotatable bonds is 5. The van der Waals surface area contributed by atoms with Gasteiger partial charge in [0.05, 0.1) is 19.8 Å². The van der Waals surface area contributed by atoms with Crippen LogP contribution in [0.1, 0.15) is 11.6 Å². The van der Waals surface area contributed by atoms with Crippen LogP contribution in [0, 0.1) is 3.57 Å². The fraction of sp³-hybridized carbons (Fsp3) is 0.364. The van der Waals surface area contributed by atoms with Crippen molar-refractivity contribution >= 4 is 28.6 Å². The number of nitrogens with two attached hydrogens (primary N) is 1. The van der Waals surface area contributed by atoms with Gasteiger partial charge in [-0.3, -0.25) is 0 Å². The molecule has 0 spiro atoms. The van der Waals surface area contributed by atoms with Crippen LogP contribution >= 0.6 is 22.6 Å². The van der Waals surface area contributed by atoms with E-state index in [9.17, 15) is 4.79 Å². The number of benzene rings is 1. The van der Waals surface area contributed by atoms with Crippen molar-refractivity contribution in [1.29, 1.82) is 0 Å². The van der Waals surface area contributed by atoms with Gasteiger partial charge in [-0.05, 0) is 40.3 Å². The predicted octanol–water partition coefficient (Wildman–Crippen LogP) is 1.48. The third kappa shape index (κ3) is 4.46. The second-order valence-corrected chi connectivity index (χ2v) is 4.49. The van der Waals surface area contributed by atoms with Crippen molar-refractivity contribution in [3.8, 4) is 0 Å². The maximum absolute atomic E-state index is 10.8. The van der Waals surface area contributed by atoms with Gasteiger partial charge < -0.3 is 15.2 Å². The lowest BCUT2D eigenvalue weighted by Gasteiger charge is -2.12. The molecule has 4 nitrogen and oxygen atoms in total. The molecular formula is C11H14INO3. The summed E-state index contributed by atoms with van der Waals surface area (Å²) in [5.74, 6) is -0.394. The van der Waals surface area contributed by atoms with Gasteiger partial charge in [0.1, 0.15) is 6.61 Å². The lowest BCUT2D eigenvalue weighted by atomic mass is 10.1. The molecule has 0 saturated carbocycles. The molecule has 1 rings (SSSR count). The highest BCUT2D eigenvalue weighted by Gasteiger charge is 2.07. The van der Waals surface area contributed by atoms with Gasteiger partial charge in [-0.1, -0.05) is 12.1 Å². The number of halogens is 1. The Hall–Kier alpha value is -0.660. The zero-order chi connectivity index (χ0) is 12.0. The Morgan fingerprint density at radius 3 is 2.62 bits per heavy atom. The second-order valence-electron chi connectivity index (χ2n) is 3.25. The highest BCUT2D eigenvalue weighted by atomic mass is 127. The zero-order valence-corrected chi connectivity index (χ0v) is 11.1. The molecule has 0 aliphatic rings. The molecule has 1 atom stereocenters. The average Bonchev–Trinajstić information content (AvgIpc) is 2.29. The van der Waals surface area contributed by atoms with Crippen LogP contribution in [-0.2, 0) is 14.3 Å². The number of carbonyl (C=O) groups is 1. The lowest BCUT2D eigenvalue weighted by molar-refractivity contribution is -0.146. The quantitative estimate of drug-likeness (QED) is 0.654. The summed E-state index contributed by atoms with van der Waals surface area (Å²) in [7, 11) is 1.32. The maximum Gasteiger partial charge on any atom is 0.331 e. The Balaban J connectivity index is 2.37. The molecule has 1 unspecified atom stereocenters. The number of esters is 1. The van der Waals surface area contributed by atoms with Crippen LogP contribution in [0.3, 0.4) is 0 Å². The van der Waals surface area contributed by atoms with Gasteiger partial charge in [0.25, 0.3) is 0 Å². The van der Waals surface area contributed by atoms with Crippen LogP contribution in [-0.4, -0.2) is 26.3 Å². The first-order valence-corrected chi connectivity index (χ1v) is 5.87. The van der Waals surface area contributed by atoms with E-state index in [-0.39, 0.29) is 12.6 Å². The monoisotopic (exact) mass is 335 g/mol. The van der Waals surface area contributed by atoms with E-state index >= 15 is 0 Å². The molecule has 88 valence electrons. The van der Waals surface area contributed by atoms with Crippen LogP contribution in [0.5, 0.6) is 0 Å². The Kier molecular flexibility index (Phi) is 5.72. The van der Waals surface area contributed by atoms with Crippen molar-refractivity contribution in [2.75, 3.05) is 20.3 Å². The summed E-state index contributed by atoms with van der Waals surface area (Å²) in [6, 6.07) is 7.65. The summed E-state index contributed by atoms with van der Waals surface area (Å²) in [5.41, 5.74) is 6.88. The largest absolute Gasteiger partial charge is 0.467 e. The molecule has 0 radical (unpaired) electrons. The SMILES string of the molecule is COC(=O)COCC(N)c1ccc(I)cc1. The first-order valence-electron chi connectivity index (χ1n) is 4.79. The van der Waals surface area contributed by atoms with Crippen molar-refractivity contribution in [3.63, 3.8) is 0 Å². The molecule has 0 aliphatic carbocycles. The topological polar surface area (TPSA) is 61.5 Å². The first-order chi connectivity index (χ1) is 7.63. The van der Waals surface area contributed by atoms with E-state index < -0.39 is 5.97 Å². The molecule has 0 saturated heterocycles. The Morgan fingerprint density at radius 2 is 2.06 bits per heavy atom. The first kappa shape index (κ1) is 13.4. The molecule has 0 amide bonds. The molecule has 0 bridgehead atoms. The molecule has 1 aromatic carbocycles. The molecule has 0 heterocycles. The maximum atomic E-state index is 10.8. The third-order valence-electron chi connectivity index (χ3n) is 2.04. The average molecular weight is 335 g/mol.